The van der Waals surface area contributed by atoms with Crippen LogP contribution in [0.4, 0.5) is 13.2 Å². The minimum absolute atomic E-state index is 0.523. The van der Waals surface area contributed by atoms with Gasteiger partial charge in [0.05, 0.1) is 10.6 Å². The van der Waals surface area contributed by atoms with E-state index in [1.807, 2.05) is 19.1 Å². The highest BCUT2D eigenvalue weighted by atomic mass is 32.2. The number of oxazole rings is 1. The first-order valence-corrected chi connectivity index (χ1v) is 12.3. The quantitative estimate of drug-likeness (QED) is 0.459. The van der Waals surface area contributed by atoms with E-state index in [0.717, 1.165) is 54.2 Å². The number of hydrogen-bond donors (Lipinski definition) is 0. The average molecular weight is 479 g/mol. The lowest BCUT2D eigenvalue weighted by molar-refractivity contribution is -0.0436. The molecule has 4 rings (SSSR count). The van der Waals surface area contributed by atoms with E-state index in [0.29, 0.717) is 17.5 Å². The number of alkyl halides is 3. The Morgan fingerprint density at radius 1 is 1.03 bits per heavy atom. The van der Waals surface area contributed by atoms with E-state index in [4.69, 9.17) is 4.42 Å². The van der Waals surface area contributed by atoms with Gasteiger partial charge >= 0.3 is 5.51 Å². The molecular weight excluding hydrogens is 453 g/mol. The van der Waals surface area contributed by atoms with Crippen LogP contribution in [-0.2, 0) is 16.3 Å². The molecule has 0 bridgehead atoms. The normalized spacial score (nSPS) is 17.5. The average Bonchev–Trinajstić information content (AvgIpc) is 3.36. The number of aryl methyl sites for hydroxylation is 1. The molecule has 5 nitrogen and oxygen atoms in total. The highest BCUT2D eigenvalue weighted by molar-refractivity contribution is 7.92. The minimum atomic E-state index is -5.36. The zero-order chi connectivity index (χ0) is 23.8. The van der Waals surface area contributed by atoms with Gasteiger partial charge in [0, 0.05) is 24.6 Å². The number of nitrogens with zero attached hydrogens (tertiary/aromatic N) is 2. The first-order chi connectivity index (χ1) is 15.6. The first kappa shape index (κ1) is 23.5. The molecule has 9 heteroatoms. The summed E-state index contributed by atoms with van der Waals surface area (Å²) in [4.78, 5) is 6.35. The SMILES string of the molecule is Cc1oc(-c2ccc(-c3ccc(S(=O)(=O)C(F)(F)F)cc3)cc2)nc1CCN1CCCC1C. The van der Waals surface area contributed by atoms with E-state index < -0.39 is 20.2 Å². The van der Waals surface area contributed by atoms with Crippen molar-refractivity contribution in [2.45, 2.75) is 49.6 Å². The number of sulfone groups is 1. The van der Waals surface area contributed by atoms with Crippen LogP contribution in [0.3, 0.4) is 0 Å². The third-order valence-electron chi connectivity index (χ3n) is 6.15. The lowest BCUT2D eigenvalue weighted by Crippen LogP contribution is -2.29. The fraction of sp³-hybridized carbons (Fsp3) is 0.375. The Bertz CT molecular complexity index is 1220. The number of benzene rings is 2. The molecule has 2 heterocycles. The molecule has 0 radical (unpaired) electrons. The summed E-state index contributed by atoms with van der Waals surface area (Å²) in [6, 6.07) is 12.5. The van der Waals surface area contributed by atoms with E-state index in [1.54, 1.807) is 12.1 Å². The Labute approximate surface area is 191 Å². The molecule has 2 aromatic carbocycles. The molecule has 0 spiro atoms. The molecule has 0 aliphatic carbocycles. The molecule has 0 saturated carbocycles. The molecule has 0 amide bonds. The summed E-state index contributed by atoms with van der Waals surface area (Å²) in [5, 5.41) is 0. The maximum absolute atomic E-state index is 12.7. The maximum atomic E-state index is 12.7. The maximum Gasteiger partial charge on any atom is 0.501 e. The Hall–Kier alpha value is -2.65. The van der Waals surface area contributed by atoms with E-state index >= 15 is 0 Å². The lowest BCUT2D eigenvalue weighted by atomic mass is 10.0. The fourth-order valence-corrected chi connectivity index (χ4v) is 4.88. The van der Waals surface area contributed by atoms with E-state index in [2.05, 4.69) is 16.8 Å². The van der Waals surface area contributed by atoms with Crippen molar-refractivity contribution >= 4 is 9.84 Å². The number of halogens is 3. The molecule has 1 saturated heterocycles. The van der Waals surface area contributed by atoms with Gasteiger partial charge in [-0.05, 0) is 68.6 Å². The molecular formula is C24H25F3N2O3S. The van der Waals surface area contributed by atoms with Gasteiger partial charge in [-0.2, -0.15) is 13.2 Å². The van der Waals surface area contributed by atoms with Gasteiger partial charge in [0.1, 0.15) is 5.76 Å². The van der Waals surface area contributed by atoms with Crippen LogP contribution >= 0.6 is 0 Å². The second-order valence-electron chi connectivity index (χ2n) is 8.35. The Morgan fingerprint density at radius 3 is 2.15 bits per heavy atom. The van der Waals surface area contributed by atoms with Crippen LogP contribution in [0, 0.1) is 6.92 Å². The van der Waals surface area contributed by atoms with Crippen molar-refractivity contribution in [1.82, 2.24) is 9.88 Å². The van der Waals surface area contributed by atoms with Gasteiger partial charge in [-0.15, -0.1) is 0 Å². The van der Waals surface area contributed by atoms with Crippen LogP contribution in [0.25, 0.3) is 22.6 Å². The standard InChI is InChI=1S/C24H25F3N2O3S/c1-16-4-3-14-29(16)15-13-22-17(2)32-23(28-22)20-7-5-18(6-8-20)19-9-11-21(12-10-19)33(30,31)24(25,26)27/h5-12,16H,3-4,13-15H2,1-2H3. The van der Waals surface area contributed by atoms with Crippen molar-refractivity contribution in [3.8, 4) is 22.6 Å². The number of hydrogen-bond acceptors (Lipinski definition) is 5. The molecule has 1 aliphatic heterocycles. The second kappa shape index (κ2) is 8.95. The molecule has 0 N–H and O–H groups in total. The summed E-state index contributed by atoms with van der Waals surface area (Å²) in [5.41, 5.74) is -2.25. The highest BCUT2D eigenvalue weighted by Crippen LogP contribution is 2.32. The van der Waals surface area contributed by atoms with E-state index in [-0.39, 0.29) is 0 Å². The molecule has 1 aliphatic rings. The van der Waals surface area contributed by atoms with Crippen molar-refractivity contribution in [3.05, 3.63) is 60.0 Å². The Kier molecular flexibility index (Phi) is 6.37. The highest BCUT2D eigenvalue weighted by Gasteiger charge is 2.46. The number of aromatic nitrogens is 1. The zero-order valence-electron chi connectivity index (χ0n) is 18.4. The fourth-order valence-electron chi connectivity index (χ4n) is 4.12. The Morgan fingerprint density at radius 2 is 1.61 bits per heavy atom. The summed E-state index contributed by atoms with van der Waals surface area (Å²) < 4.78 is 67.1. The monoisotopic (exact) mass is 478 g/mol. The molecule has 1 fully saturated rings. The predicted molar refractivity (Wildman–Crippen MR) is 119 cm³/mol. The van der Waals surface area contributed by atoms with Gasteiger partial charge in [0.2, 0.25) is 5.89 Å². The summed E-state index contributed by atoms with van der Waals surface area (Å²) in [6.07, 6.45) is 3.29. The van der Waals surface area contributed by atoms with Crippen molar-refractivity contribution < 1.29 is 26.0 Å². The third-order valence-corrected chi connectivity index (χ3v) is 7.66. The smallest absolute Gasteiger partial charge is 0.441 e. The second-order valence-corrected chi connectivity index (χ2v) is 10.3. The Balaban J connectivity index is 1.47. The third kappa shape index (κ3) is 4.84. The molecule has 33 heavy (non-hydrogen) atoms. The van der Waals surface area contributed by atoms with Crippen LogP contribution in [0.15, 0.2) is 57.8 Å². The topological polar surface area (TPSA) is 63.4 Å². The van der Waals surface area contributed by atoms with Crippen LogP contribution in [0.5, 0.6) is 0 Å². The molecule has 1 aromatic heterocycles. The number of likely N-dealkylation sites (tertiary alicyclic amines) is 1. The van der Waals surface area contributed by atoms with Crippen LogP contribution in [0.1, 0.15) is 31.2 Å². The molecule has 176 valence electrons. The van der Waals surface area contributed by atoms with Crippen molar-refractivity contribution in [2.24, 2.45) is 0 Å². The lowest BCUT2D eigenvalue weighted by Gasteiger charge is -2.20. The minimum Gasteiger partial charge on any atom is -0.441 e. The summed E-state index contributed by atoms with van der Waals surface area (Å²) >= 11 is 0. The van der Waals surface area contributed by atoms with Gasteiger partial charge in [-0.3, -0.25) is 0 Å². The van der Waals surface area contributed by atoms with E-state index in [9.17, 15) is 21.6 Å². The van der Waals surface area contributed by atoms with Crippen LogP contribution < -0.4 is 0 Å². The van der Waals surface area contributed by atoms with Gasteiger partial charge in [0.25, 0.3) is 9.84 Å². The van der Waals surface area contributed by atoms with Gasteiger partial charge < -0.3 is 9.32 Å². The van der Waals surface area contributed by atoms with E-state index in [1.165, 1.54) is 25.0 Å². The predicted octanol–water partition coefficient (Wildman–Crippen LogP) is 5.64. The van der Waals surface area contributed by atoms with Crippen molar-refractivity contribution in [3.63, 3.8) is 0 Å². The largest absolute Gasteiger partial charge is 0.501 e. The van der Waals surface area contributed by atoms with Gasteiger partial charge in [-0.1, -0.05) is 24.3 Å². The van der Waals surface area contributed by atoms with Gasteiger partial charge in [0.15, 0.2) is 0 Å². The molecule has 3 aromatic rings. The van der Waals surface area contributed by atoms with Gasteiger partial charge in [-0.25, -0.2) is 13.4 Å². The molecule has 1 atom stereocenters. The first-order valence-electron chi connectivity index (χ1n) is 10.8. The van der Waals surface area contributed by atoms with Crippen molar-refractivity contribution in [1.29, 1.82) is 0 Å². The zero-order valence-corrected chi connectivity index (χ0v) is 19.2. The summed E-state index contributed by atoms with van der Waals surface area (Å²) in [5.74, 6) is 1.32. The molecule has 1 unspecified atom stereocenters. The van der Waals surface area contributed by atoms with Crippen LogP contribution in [0.2, 0.25) is 0 Å². The van der Waals surface area contributed by atoms with Crippen molar-refractivity contribution in [2.75, 3.05) is 13.1 Å². The number of rotatable bonds is 6. The summed E-state index contributed by atoms with van der Waals surface area (Å²) in [6.45, 7) is 6.23. The van der Waals surface area contributed by atoms with Crippen LogP contribution in [-0.4, -0.2) is 42.9 Å². The summed E-state index contributed by atoms with van der Waals surface area (Å²) in [7, 11) is -5.36.